The van der Waals surface area contributed by atoms with Crippen LogP contribution in [-0.4, -0.2) is 13.2 Å². The Morgan fingerprint density at radius 1 is 1.19 bits per heavy atom. The molecule has 0 spiro atoms. The Labute approximate surface area is 135 Å². The number of hydrogen-bond acceptors (Lipinski definition) is 2. The Morgan fingerprint density at radius 3 is 2.71 bits per heavy atom. The van der Waals surface area contributed by atoms with Gasteiger partial charge in [0.15, 0.2) is 0 Å². The molecular formula is C17H17Cl2NO. The lowest BCUT2D eigenvalue weighted by Crippen LogP contribution is -2.18. The first-order chi connectivity index (χ1) is 10.1. The summed E-state index contributed by atoms with van der Waals surface area (Å²) in [6, 6.07) is 12.0. The van der Waals surface area contributed by atoms with E-state index in [9.17, 15) is 0 Å². The van der Waals surface area contributed by atoms with E-state index in [4.69, 9.17) is 27.9 Å². The SMILES string of the molecule is CNC(c1ccc2c(c1)CC(C)O2)c1ccc(Cl)cc1Cl. The predicted molar refractivity (Wildman–Crippen MR) is 87.6 cm³/mol. The maximum atomic E-state index is 6.34. The van der Waals surface area contributed by atoms with Gasteiger partial charge in [-0.25, -0.2) is 0 Å². The first kappa shape index (κ1) is 14.7. The zero-order chi connectivity index (χ0) is 15.0. The quantitative estimate of drug-likeness (QED) is 0.890. The lowest BCUT2D eigenvalue weighted by atomic mass is 9.96. The molecule has 3 rings (SSSR count). The number of fused-ring (bicyclic) bond motifs is 1. The molecule has 2 unspecified atom stereocenters. The van der Waals surface area contributed by atoms with Gasteiger partial charge in [0.05, 0.1) is 6.04 Å². The topological polar surface area (TPSA) is 21.3 Å². The maximum Gasteiger partial charge on any atom is 0.123 e. The molecule has 1 aliphatic rings. The van der Waals surface area contributed by atoms with Crippen LogP contribution in [-0.2, 0) is 6.42 Å². The molecule has 0 aromatic heterocycles. The molecule has 1 heterocycles. The lowest BCUT2D eigenvalue weighted by molar-refractivity contribution is 0.254. The van der Waals surface area contributed by atoms with E-state index < -0.39 is 0 Å². The van der Waals surface area contributed by atoms with Gasteiger partial charge in [0.2, 0.25) is 0 Å². The molecule has 0 aliphatic carbocycles. The summed E-state index contributed by atoms with van der Waals surface area (Å²) in [6.07, 6.45) is 1.20. The highest BCUT2D eigenvalue weighted by Gasteiger charge is 2.22. The minimum absolute atomic E-state index is 0.0379. The minimum Gasteiger partial charge on any atom is -0.490 e. The monoisotopic (exact) mass is 321 g/mol. The number of nitrogens with one attached hydrogen (secondary N) is 1. The van der Waals surface area contributed by atoms with Gasteiger partial charge in [-0.2, -0.15) is 0 Å². The molecule has 110 valence electrons. The van der Waals surface area contributed by atoms with E-state index in [1.165, 1.54) is 11.1 Å². The second-order valence-electron chi connectivity index (χ2n) is 5.39. The smallest absolute Gasteiger partial charge is 0.123 e. The van der Waals surface area contributed by atoms with E-state index in [1.807, 2.05) is 25.2 Å². The van der Waals surface area contributed by atoms with Crippen LogP contribution in [0.25, 0.3) is 0 Å². The van der Waals surface area contributed by atoms with Gasteiger partial charge in [-0.1, -0.05) is 41.4 Å². The molecule has 2 aromatic carbocycles. The van der Waals surface area contributed by atoms with E-state index >= 15 is 0 Å². The zero-order valence-electron chi connectivity index (χ0n) is 12.0. The minimum atomic E-state index is 0.0379. The van der Waals surface area contributed by atoms with Crippen LogP contribution in [0.2, 0.25) is 10.0 Å². The summed E-state index contributed by atoms with van der Waals surface area (Å²) < 4.78 is 5.76. The van der Waals surface area contributed by atoms with Crippen LogP contribution in [0.15, 0.2) is 36.4 Å². The molecule has 0 bridgehead atoms. The van der Waals surface area contributed by atoms with Gasteiger partial charge in [0, 0.05) is 16.5 Å². The molecule has 1 N–H and O–H groups in total. The highest BCUT2D eigenvalue weighted by molar-refractivity contribution is 6.35. The standard InChI is InChI=1S/C17H17Cl2NO/c1-10-7-12-8-11(3-6-16(12)21-10)17(20-2)14-5-4-13(18)9-15(14)19/h3-6,8-10,17,20H,7H2,1-2H3. The highest BCUT2D eigenvalue weighted by atomic mass is 35.5. The molecule has 21 heavy (non-hydrogen) atoms. The maximum absolute atomic E-state index is 6.34. The Bertz CT molecular complexity index is 672. The Hall–Kier alpha value is -1.22. The number of halogens is 2. The van der Waals surface area contributed by atoms with Gasteiger partial charge < -0.3 is 10.1 Å². The lowest BCUT2D eigenvalue weighted by Gasteiger charge is -2.19. The molecular weight excluding hydrogens is 305 g/mol. The van der Waals surface area contributed by atoms with Crippen molar-refractivity contribution in [1.29, 1.82) is 0 Å². The van der Waals surface area contributed by atoms with Crippen molar-refractivity contribution in [3.05, 3.63) is 63.1 Å². The fraction of sp³-hybridized carbons (Fsp3) is 0.294. The summed E-state index contributed by atoms with van der Waals surface area (Å²) in [6.45, 7) is 2.09. The summed E-state index contributed by atoms with van der Waals surface area (Å²) >= 11 is 12.3. The highest BCUT2D eigenvalue weighted by Crippen LogP contribution is 2.35. The summed E-state index contributed by atoms with van der Waals surface area (Å²) in [5.41, 5.74) is 3.46. The van der Waals surface area contributed by atoms with Crippen molar-refractivity contribution < 1.29 is 4.74 Å². The molecule has 0 saturated carbocycles. The average Bonchev–Trinajstić information content (AvgIpc) is 2.81. The number of benzene rings is 2. The molecule has 2 aromatic rings. The molecule has 4 heteroatoms. The van der Waals surface area contributed by atoms with Crippen LogP contribution < -0.4 is 10.1 Å². The van der Waals surface area contributed by atoms with E-state index in [2.05, 4.69) is 24.4 Å². The van der Waals surface area contributed by atoms with Crippen molar-refractivity contribution in [2.75, 3.05) is 7.05 Å². The average molecular weight is 322 g/mol. The van der Waals surface area contributed by atoms with Gasteiger partial charge in [0.25, 0.3) is 0 Å². The molecule has 2 atom stereocenters. The van der Waals surface area contributed by atoms with E-state index in [-0.39, 0.29) is 12.1 Å². The summed E-state index contributed by atoms with van der Waals surface area (Å²) in [7, 11) is 1.93. The van der Waals surface area contributed by atoms with Crippen molar-refractivity contribution in [2.45, 2.75) is 25.5 Å². The van der Waals surface area contributed by atoms with Gasteiger partial charge >= 0.3 is 0 Å². The van der Waals surface area contributed by atoms with E-state index in [1.54, 1.807) is 6.07 Å². The largest absolute Gasteiger partial charge is 0.490 e. The van der Waals surface area contributed by atoms with Gasteiger partial charge in [-0.3, -0.25) is 0 Å². The fourth-order valence-corrected chi connectivity index (χ4v) is 3.38. The van der Waals surface area contributed by atoms with Crippen LogP contribution in [0.1, 0.15) is 29.7 Å². The van der Waals surface area contributed by atoms with Crippen molar-refractivity contribution >= 4 is 23.2 Å². The van der Waals surface area contributed by atoms with Crippen LogP contribution >= 0.6 is 23.2 Å². The zero-order valence-corrected chi connectivity index (χ0v) is 13.5. The van der Waals surface area contributed by atoms with Crippen molar-refractivity contribution in [3.63, 3.8) is 0 Å². The first-order valence-electron chi connectivity index (χ1n) is 7.00. The third-order valence-corrected chi connectivity index (χ3v) is 4.38. The normalized spacial score (nSPS) is 18.2. The van der Waals surface area contributed by atoms with E-state index in [0.29, 0.717) is 10.0 Å². The van der Waals surface area contributed by atoms with Crippen LogP contribution in [0, 0.1) is 0 Å². The van der Waals surface area contributed by atoms with Crippen LogP contribution in [0.3, 0.4) is 0 Å². The van der Waals surface area contributed by atoms with Gasteiger partial charge in [-0.05, 0) is 48.9 Å². The van der Waals surface area contributed by atoms with Gasteiger partial charge in [-0.15, -0.1) is 0 Å². The van der Waals surface area contributed by atoms with Crippen LogP contribution in [0.4, 0.5) is 0 Å². The molecule has 1 aliphatic heterocycles. The Morgan fingerprint density at radius 2 is 2.00 bits per heavy atom. The second-order valence-corrected chi connectivity index (χ2v) is 6.23. The number of ether oxygens (including phenoxy) is 1. The van der Waals surface area contributed by atoms with Crippen molar-refractivity contribution in [3.8, 4) is 5.75 Å². The summed E-state index contributed by atoms with van der Waals surface area (Å²) in [5.74, 6) is 0.989. The van der Waals surface area contributed by atoms with Crippen LogP contribution in [0.5, 0.6) is 5.75 Å². The summed E-state index contributed by atoms with van der Waals surface area (Å²) in [5, 5.41) is 4.65. The molecule has 0 radical (unpaired) electrons. The Kier molecular flexibility index (Phi) is 4.12. The summed E-state index contributed by atoms with van der Waals surface area (Å²) in [4.78, 5) is 0. The third kappa shape index (κ3) is 2.89. The molecule has 2 nitrogen and oxygen atoms in total. The van der Waals surface area contributed by atoms with Crippen molar-refractivity contribution in [1.82, 2.24) is 5.32 Å². The fourth-order valence-electron chi connectivity index (χ4n) is 2.86. The molecule has 0 saturated heterocycles. The third-order valence-electron chi connectivity index (χ3n) is 3.82. The second kappa shape index (κ2) is 5.88. The Balaban J connectivity index is 1.99. The van der Waals surface area contributed by atoms with Crippen molar-refractivity contribution in [2.24, 2.45) is 0 Å². The van der Waals surface area contributed by atoms with Gasteiger partial charge in [0.1, 0.15) is 11.9 Å². The first-order valence-corrected chi connectivity index (χ1v) is 7.75. The predicted octanol–water partition coefficient (Wildman–Crippen LogP) is 4.63. The molecule has 0 amide bonds. The number of hydrogen-bond donors (Lipinski definition) is 1. The number of rotatable bonds is 3. The van der Waals surface area contributed by atoms with E-state index in [0.717, 1.165) is 17.7 Å². The molecule has 0 fully saturated rings.